The second-order valence-electron chi connectivity index (χ2n) is 5.56. The van der Waals surface area contributed by atoms with Gasteiger partial charge in [-0.25, -0.2) is 0 Å². The van der Waals surface area contributed by atoms with Gasteiger partial charge < -0.3 is 14.7 Å². The average Bonchev–Trinajstić information content (AvgIpc) is 2.90. The van der Waals surface area contributed by atoms with Crippen LogP contribution in [0.3, 0.4) is 0 Å². The first-order chi connectivity index (χ1) is 12.4. The van der Waals surface area contributed by atoms with Crippen LogP contribution in [-0.2, 0) is 29.6 Å². The van der Waals surface area contributed by atoms with Crippen molar-refractivity contribution in [1.82, 2.24) is 0 Å². The first-order valence-electron chi connectivity index (χ1n) is 7.56. The van der Waals surface area contributed by atoms with Gasteiger partial charge in [-0.15, -0.1) is 0 Å². The lowest BCUT2D eigenvalue weighted by Crippen LogP contribution is -2.16. The SMILES string of the molecule is N#Cc1cccc(C2OC(N)=C(OS(=O)(=O)Cc3ccccc3)C2=O)c1. The Morgan fingerprint density at radius 3 is 2.58 bits per heavy atom. The Kier molecular flexibility index (Phi) is 4.65. The van der Waals surface area contributed by atoms with E-state index in [0.29, 0.717) is 16.7 Å². The van der Waals surface area contributed by atoms with E-state index in [1.54, 1.807) is 48.5 Å². The maximum Gasteiger partial charge on any atom is 0.313 e. The molecule has 0 aliphatic carbocycles. The molecule has 2 aromatic rings. The molecule has 7 nitrogen and oxygen atoms in total. The molecule has 0 fully saturated rings. The molecule has 0 radical (unpaired) electrons. The number of carbonyl (C=O) groups is 1. The molecular formula is C18H14N2O5S. The van der Waals surface area contributed by atoms with E-state index < -0.39 is 39.4 Å². The van der Waals surface area contributed by atoms with Crippen LogP contribution in [0, 0.1) is 11.3 Å². The summed E-state index contributed by atoms with van der Waals surface area (Å²) in [6, 6.07) is 16.6. The summed E-state index contributed by atoms with van der Waals surface area (Å²) in [4.78, 5) is 12.5. The number of nitrogens with two attached hydrogens (primary N) is 1. The number of ketones is 1. The van der Waals surface area contributed by atoms with Crippen LogP contribution in [-0.4, -0.2) is 14.2 Å². The molecule has 1 aliphatic rings. The first-order valence-corrected chi connectivity index (χ1v) is 9.14. The highest BCUT2D eigenvalue weighted by atomic mass is 32.2. The van der Waals surface area contributed by atoms with Crippen LogP contribution >= 0.6 is 0 Å². The molecule has 2 aromatic carbocycles. The molecule has 2 N–H and O–H groups in total. The number of Topliss-reactive ketones (excluding diaryl/α,β-unsaturated/α-hetero) is 1. The second kappa shape index (κ2) is 6.90. The molecule has 0 saturated carbocycles. The number of hydrogen-bond donors (Lipinski definition) is 1. The molecule has 1 heterocycles. The molecule has 1 unspecified atom stereocenters. The third kappa shape index (κ3) is 3.68. The van der Waals surface area contributed by atoms with Crippen LogP contribution in [0.2, 0.25) is 0 Å². The van der Waals surface area contributed by atoms with E-state index in [1.165, 1.54) is 6.07 Å². The fraction of sp³-hybridized carbons (Fsp3) is 0.111. The lowest BCUT2D eigenvalue weighted by Gasteiger charge is -2.10. The Hall–Kier alpha value is -3.31. The zero-order valence-corrected chi connectivity index (χ0v) is 14.3. The molecular weight excluding hydrogens is 356 g/mol. The smallest absolute Gasteiger partial charge is 0.313 e. The Labute approximate surface area is 150 Å². The fourth-order valence-corrected chi connectivity index (χ4v) is 3.56. The van der Waals surface area contributed by atoms with Crippen molar-refractivity contribution in [2.75, 3.05) is 0 Å². The minimum Gasteiger partial charge on any atom is -0.460 e. The van der Waals surface area contributed by atoms with Crippen molar-refractivity contribution < 1.29 is 22.1 Å². The number of ether oxygens (including phenoxy) is 1. The average molecular weight is 370 g/mol. The van der Waals surface area contributed by atoms with Gasteiger partial charge >= 0.3 is 10.1 Å². The van der Waals surface area contributed by atoms with Crippen molar-refractivity contribution in [3.8, 4) is 6.07 Å². The third-order valence-corrected chi connectivity index (χ3v) is 4.75. The van der Waals surface area contributed by atoms with Crippen LogP contribution in [0.15, 0.2) is 66.2 Å². The number of carbonyl (C=O) groups excluding carboxylic acids is 1. The van der Waals surface area contributed by atoms with Crippen molar-refractivity contribution >= 4 is 15.9 Å². The van der Waals surface area contributed by atoms with Crippen LogP contribution in [0.4, 0.5) is 0 Å². The zero-order valence-electron chi connectivity index (χ0n) is 13.5. The van der Waals surface area contributed by atoms with Crippen molar-refractivity contribution in [3.63, 3.8) is 0 Å². The Morgan fingerprint density at radius 2 is 1.88 bits per heavy atom. The summed E-state index contributed by atoms with van der Waals surface area (Å²) >= 11 is 0. The number of nitriles is 1. The van der Waals surface area contributed by atoms with Gasteiger partial charge in [0.2, 0.25) is 17.4 Å². The van der Waals surface area contributed by atoms with E-state index in [-0.39, 0.29) is 0 Å². The largest absolute Gasteiger partial charge is 0.460 e. The van der Waals surface area contributed by atoms with Crippen molar-refractivity contribution in [2.45, 2.75) is 11.9 Å². The normalized spacial score (nSPS) is 16.9. The van der Waals surface area contributed by atoms with Gasteiger partial charge in [0, 0.05) is 5.56 Å². The van der Waals surface area contributed by atoms with Gasteiger partial charge in [-0.1, -0.05) is 42.5 Å². The van der Waals surface area contributed by atoms with E-state index in [1.807, 2.05) is 6.07 Å². The van der Waals surface area contributed by atoms with Gasteiger partial charge in [-0.2, -0.15) is 13.7 Å². The van der Waals surface area contributed by atoms with Gasteiger partial charge in [-0.05, 0) is 17.7 Å². The summed E-state index contributed by atoms with van der Waals surface area (Å²) in [5.74, 6) is -2.08. The highest BCUT2D eigenvalue weighted by molar-refractivity contribution is 7.86. The van der Waals surface area contributed by atoms with Crippen LogP contribution < -0.4 is 5.73 Å². The Balaban J connectivity index is 1.79. The fourth-order valence-electron chi connectivity index (χ4n) is 2.48. The van der Waals surface area contributed by atoms with Crippen molar-refractivity contribution in [2.24, 2.45) is 5.73 Å². The number of benzene rings is 2. The molecule has 0 spiro atoms. The number of hydrogen-bond acceptors (Lipinski definition) is 7. The van der Waals surface area contributed by atoms with Gasteiger partial charge in [0.1, 0.15) is 5.75 Å². The lowest BCUT2D eigenvalue weighted by atomic mass is 10.0. The monoisotopic (exact) mass is 370 g/mol. The molecule has 0 aromatic heterocycles. The summed E-state index contributed by atoms with van der Waals surface area (Å²) in [5.41, 5.74) is 6.88. The molecule has 0 saturated heterocycles. The third-order valence-electron chi connectivity index (χ3n) is 3.65. The van der Waals surface area contributed by atoms with E-state index in [4.69, 9.17) is 19.9 Å². The lowest BCUT2D eigenvalue weighted by molar-refractivity contribution is -0.123. The number of rotatable bonds is 5. The summed E-state index contributed by atoms with van der Waals surface area (Å²) in [6.07, 6.45) is -1.15. The Bertz CT molecular complexity index is 1020. The highest BCUT2D eigenvalue weighted by Gasteiger charge is 2.39. The van der Waals surface area contributed by atoms with E-state index >= 15 is 0 Å². The van der Waals surface area contributed by atoms with Gasteiger partial charge in [0.05, 0.1) is 11.6 Å². The molecule has 1 aliphatic heterocycles. The quantitative estimate of drug-likeness (QED) is 0.798. The van der Waals surface area contributed by atoms with Crippen LogP contribution in [0.5, 0.6) is 0 Å². The molecule has 0 amide bonds. The standard InChI is InChI=1S/C18H14N2O5S/c19-10-13-7-4-8-14(9-13)16-15(21)17(18(20)24-16)25-26(22,23)11-12-5-2-1-3-6-12/h1-9,16H,11,20H2. The highest BCUT2D eigenvalue weighted by Crippen LogP contribution is 2.33. The molecule has 0 bridgehead atoms. The molecule has 3 rings (SSSR count). The van der Waals surface area contributed by atoms with E-state index in [2.05, 4.69) is 0 Å². The molecule has 132 valence electrons. The summed E-state index contributed by atoms with van der Waals surface area (Å²) in [7, 11) is -4.09. The van der Waals surface area contributed by atoms with Crippen molar-refractivity contribution in [3.05, 3.63) is 82.9 Å². The van der Waals surface area contributed by atoms with Gasteiger partial charge in [0.25, 0.3) is 0 Å². The van der Waals surface area contributed by atoms with Crippen molar-refractivity contribution in [1.29, 1.82) is 5.26 Å². The summed E-state index contributed by atoms with van der Waals surface area (Å²) in [5, 5.41) is 8.95. The summed E-state index contributed by atoms with van der Waals surface area (Å²) in [6.45, 7) is 0. The topological polar surface area (TPSA) is 119 Å². The predicted octanol–water partition coefficient (Wildman–Crippen LogP) is 1.87. The minimum absolute atomic E-state index is 0.337. The second-order valence-corrected chi connectivity index (χ2v) is 7.13. The number of nitrogens with zero attached hydrogens (tertiary/aromatic N) is 1. The molecule has 26 heavy (non-hydrogen) atoms. The van der Waals surface area contributed by atoms with Crippen LogP contribution in [0.1, 0.15) is 22.8 Å². The maximum atomic E-state index is 12.5. The Morgan fingerprint density at radius 1 is 1.15 bits per heavy atom. The zero-order chi connectivity index (χ0) is 18.7. The molecule has 1 atom stereocenters. The van der Waals surface area contributed by atoms with Gasteiger partial charge in [-0.3, -0.25) is 4.79 Å². The minimum atomic E-state index is -4.09. The van der Waals surface area contributed by atoms with E-state index in [9.17, 15) is 13.2 Å². The maximum absolute atomic E-state index is 12.5. The predicted molar refractivity (Wildman–Crippen MR) is 91.4 cm³/mol. The van der Waals surface area contributed by atoms with Crippen LogP contribution in [0.25, 0.3) is 0 Å². The summed E-state index contributed by atoms with van der Waals surface area (Å²) < 4.78 is 34.7. The van der Waals surface area contributed by atoms with E-state index in [0.717, 1.165) is 0 Å². The van der Waals surface area contributed by atoms with Gasteiger partial charge in [0.15, 0.2) is 6.10 Å². The first kappa shape index (κ1) is 17.5. The molecule has 8 heteroatoms.